The van der Waals surface area contributed by atoms with E-state index in [2.05, 4.69) is 4.98 Å². The highest BCUT2D eigenvalue weighted by molar-refractivity contribution is 5.95. The van der Waals surface area contributed by atoms with Gasteiger partial charge in [-0.3, -0.25) is 14.4 Å². The second kappa shape index (κ2) is 7.72. The first-order chi connectivity index (χ1) is 12.2. The Balaban J connectivity index is 3.02. The maximum Gasteiger partial charge on any atom is 0.308 e. The summed E-state index contributed by atoms with van der Waals surface area (Å²) >= 11 is 0. The van der Waals surface area contributed by atoms with Crippen LogP contribution in [0.2, 0.25) is 0 Å². The van der Waals surface area contributed by atoms with E-state index >= 15 is 0 Å². The lowest BCUT2D eigenvalue weighted by molar-refractivity contribution is -0.132. The first-order valence-corrected chi connectivity index (χ1v) is 8.76. The van der Waals surface area contributed by atoms with E-state index in [-0.39, 0.29) is 17.2 Å². The van der Waals surface area contributed by atoms with Gasteiger partial charge in [-0.25, -0.2) is 0 Å². The molecule has 6 nitrogen and oxygen atoms in total. The molecule has 26 heavy (non-hydrogen) atoms. The van der Waals surface area contributed by atoms with Crippen molar-refractivity contribution in [3.63, 3.8) is 0 Å². The van der Waals surface area contributed by atoms with Gasteiger partial charge in [-0.15, -0.1) is 0 Å². The van der Waals surface area contributed by atoms with Crippen molar-refractivity contribution >= 4 is 22.8 Å². The van der Waals surface area contributed by atoms with Crippen LogP contribution in [0.5, 0.6) is 11.5 Å². The first-order valence-electron chi connectivity index (χ1n) is 8.76. The second-order valence-electron chi connectivity index (χ2n) is 6.69. The molecule has 0 atom stereocenters. The summed E-state index contributed by atoms with van der Waals surface area (Å²) in [4.78, 5) is 38.8. The van der Waals surface area contributed by atoms with Gasteiger partial charge in [-0.05, 0) is 30.9 Å². The van der Waals surface area contributed by atoms with Crippen LogP contribution in [0.25, 0.3) is 10.9 Å². The number of H-pyrrole nitrogens is 1. The normalized spacial score (nSPS) is 11.0. The summed E-state index contributed by atoms with van der Waals surface area (Å²) in [5, 5.41) is 0.603. The third-order valence-corrected chi connectivity index (χ3v) is 4.21. The van der Waals surface area contributed by atoms with Gasteiger partial charge < -0.3 is 14.5 Å². The molecule has 2 aromatic rings. The third-order valence-electron chi connectivity index (χ3n) is 4.21. The Morgan fingerprint density at radius 1 is 1.15 bits per heavy atom. The summed E-state index contributed by atoms with van der Waals surface area (Å²) in [5.74, 6) is -0.222. The van der Waals surface area contributed by atoms with Crippen molar-refractivity contribution in [3.05, 3.63) is 33.1 Å². The van der Waals surface area contributed by atoms with E-state index in [0.717, 1.165) is 12.0 Å². The molecular formula is C20H25NO5. The molecule has 0 amide bonds. The van der Waals surface area contributed by atoms with Crippen LogP contribution in [0.3, 0.4) is 0 Å². The van der Waals surface area contributed by atoms with E-state index in [0.29, 0.717) is 34.2 Å². The van der Waals surface area contributed by atoms with Crippen molar-refractivity contribution in [2.24, 2.45) is 0 Å². The van der Waals surface area contributed by atoms with Crippen molar-refractivity contribution in [2.75, 3.05) is 0 Å². The quantitative estimate of drug-likeness (QED) is 0.649. The highest BCUT2D eigenvalue weighted by Crippen LogP contribution is 2.39. The van der Waals surface area contributed by atoms with Crippen LogP contribution >= 0.6 is 0 Å². The number of esters is 2. The molecular weight excluding hydrogens is 334 g/mol. The van der Waals surface area contributed by atoms with E-state index in [1.807, 2.05) is 20.8 Å². The molecule has 6 heteroatoms. The van der Waals surface area contributed by atoms with E-state index in [9.17, 15) is 14.4 Å². The largest absolute Gasteiger partial charge is 0.426 e. The van der Waals surface area contributed by atoms with E-state index in [1.54, 1.807) is 13.0 Å². The molecule has 0 saturated heterocycles. The molecule has 0 fully saturated rings. The fourth-order valence-electron chi connectivity index (χ4n) is 3.09. The molecule has 0 aliphatic rings. The molecule has 1 heterocycles. The van der Waals surface area contributed by atoms with Crippen LogP contribution in [0.15, 0.2) is 10.9 Å². The Labute approximate surface area is 152 Å². The van der Waals surface area contributed by atoms with Gasteiger partial charge in [0.1, 0.15) is 11.5 Å². The number of nitrogens with one attached hydrogen (secondary N) is 1. The molecule has 0 aliphatic carbocycles. The van der Waals surface area contributed by atoms with E-state index < -0.39 is 11.9 Å². The topological polar surface area (TPSA) is 85.5 Å². The second-order valence-corrected chi connectivity index (χ2v) is 6.69. The smallest absolute Gasteiger partial charge is 0.308 e. The first kappa shape index (κ1) is 19.7. The maximum absolute atomic E-state index is 12.6. The predicted octanol–water partition coefficient (Wildman–Crippen LogP) is 3.76. The van der Waals surface area contributed by atoms with E-state index in [1.165, 1.54) is 13.8 Å². The van der Waals surface area contributed by atoms with Crippen LogP contribution in [0, 0.1) is 6.92 Å². The Kier molecular flexibility index (Phi) is 5.85. The van der Waals surface area contributed by atoms with Crippen molar-refractivity contribution in [1.29, 1.82) is 0 Å². The van der Waals surface area contributed by atoms with Crippen LogP contribution < -0.4 is 15.0 Å². The number of ether oxygens (including phenoxy) is 2. The minimum atomic E-state index is -0.502. The molecule has 1 aromatic carbocycles. The van der Waals surface area contributed by atoms with Crippen LogP contribution in [0.1, 0.15) is 63.6 Å². The number of aromatic amines is 1. The summed E-state index contributed by atoms with van der Waals surface area (Å²) in [6.45, 7) is 10.3. The highest BCUT2D eigenvalue weighted by atomic mass is 16.5. The summed E-state index contributed by atoms with van der Waals surface area (Å²) in [6, 6.07) is 1.76. The Bertz CT molecular complexity index is 924. The number of fused-ring (bicyclic) bond motifs is 1. The van der Waals surface area contributed by atoms with Gasteiger partial charge in [0.05, 0.1) is 11.1 Å². The minimum absolute atomic E-state index is 0.0604. The van der Waals surface area contributed by atoms with Gasteiger partial charge >= 0.3 is 11.9 Å². The monoisotopic (exact) mass is 359 g/mol. The van der Waals surface area contributed by atoms with Gasteiger partial charge in [-0.2, -0.15) is 0 Å². The van der Waals surface area contributed by atoms with Gasteiger partial charge in [0, 0.05) is 24.8 Å². The maximum atomic E-state index is 12.6. The molecule has 1 N–H and O–H groups in total. The van der Waals surface area contributed by atoms with Crippen molar-refractivity contribution in [2.45, 2.75) is 60.3 Å². The Morgan fingerprint density at radius 2 is 1.77 bits per heavy atom. The van der Waals surface area contributed by atoms with Crippen LogP contribution in [-0.4, -0.2) is 16.9 Å². The van der Waals surface area contributed by atoms with Crippen LogP contribution in [0.4, 0.5) is 0 Å². The third kappa shape index (κ3) is 3.79. The van der Waals surface area contributed by atoms with Crippen molar-refractivity contribution < 1.29 is 19.1 Å². The van der Waals surface area contributed by atoms with Gasteiger partial charge in [0.2, 0.25) is 0 Å². The molecule has 0 aliphatic heterocycles. The molecule has 0 radical (unpaired) electrons. The number of hydrogen-bond acceptors (Lipinski definition) is 5. The number of hydrogen-bond donors (Lipinski definition) is 1. The lowest BCUT2D eigenvalue weighted by Gasteiger charge is -2.19. The summed E-state index contributed by atoms with van der Waals surface area (Å²) in [7, 11) is 0. The molecule has 0 bridgehead atoms. The SMILES string of the molecule is CCCc1c(OC(C)=O)c2c(C)c(OC(C)=O)cc(C(C)C)c2[nH]c1=O. The predicted molar refractivity (Wildman–Crippen MR) is 100 cm³/mol. The lowest BCUT2D eigenvalue weighted by Crippen LogP contribution is -2.18. The van der Waals surface area contributed by atoms with E-state index in [4.69, 9.17) is 9.47 Å². The fourth-order valence-corrected chi connectivity index (χ4v) is 3.09. The fraction of sp³-hybridized carbons (Fsp3) is 0.450. The highest BCUT2D eigenvalue weighted by Gasteiger charge is 2.23. The zero-order valence-corrected chi connectivity index (χ0v) is 16.1. The number of benzene rings is 1. The summed E-state index contributed by atoms with van der Waals surface area (Å²) in [6.07, 6.45) is 1.20. The molecule has 2 rings (SSSR count). The molecule has 0 unspecified atom stereocenters. The zero-order valence-electron chi connectivity index (χ0n) is 16.1. The number of aromatic nitrogens is 1. The standard InChI is InChI=1S/C20H25NO5/c1-7-8-14-19(26-13(6)23)17-11(4)16(25-12(5)22)9-15(10(2)3)18(17)21-20(14)24/h9-10H,7-8H2,1-6H3,(H,21,24). The van der Waals surface area contributed by atoms with Crippen LogP contribution in [-0.2, 0) is 16.0 Å². The molecule has 0 spiro atoms. The molecule has 0 saturated carbocycles. The van der Waals surface area contributed by atoms with Gasteiger partial charge in [-0.1, -0.05) is 27.2 Å². The molecule has 140 valence electrons. The molecule has 1 aromatic heterocycles. The van der Waals surface area contributed by atoms with Crippen molar-refractivity contribution in [1.82, 2.24) is 4.98 Å². The Hall–Kier alpha value is -2.63. The average Bonchev–Trinajstić information content (AvgIpc) is 2.52. The average molecular weight is 359 g/mol. The number of carbonyl (C=O) groups is 2. The summed E-state index contributed by atoms with van der Waals surface area (Å²) < 4.78 is 10.8. The minimum Gasteiger partial charge on any atom is -0.426 e. The number of pyridine rings is 1. The van der Waals surface area contributed by atoms with Gasteiger partial charge in [0.15, 0.2) is 0 Å². The lowest BCUT2D eigenvalue weighted by atomic mass is 9.94. The number of carbonyl (C=O) groups excluding carboxylic acids is 2. The zero-order chi connectivity index (χ0) is 19.6. The summed E-state index contributed by atoms with van der Waals surface area (Å²) in [5.41, 5.74) is 2.22. The van der Waals surface area contributed by atoms with Gasteiger partial charge in [0.25, 0.3) is 5.56 Å². The number of rotatable bonds is 5. The number of aryl methyl sites for hydroxylation is 1. The Morgan fingerprint density at radius 3 is 2.27 bits per heavy atom. The van der Waals surface area contributed by atoms with Crippen molar-refractivity contribution in [3.8, 4) is 11.5 Å².